The highest BCUT2D eigenvalue weighted by Gasteiger charge is 2.28. The molecule has 1 fully saturated rings. The number of nitrogens with two attached hydrogens (primary N) is 1. The zero-order valence-electron chi connectivity index (χ0n) is 10.3. The number of carboxylic acids is 1. The van der Waals surface area contributed by atoms with E-state index in [1.807, 2.05) is 0 Å². The first-order valence-electron chi connectivity index (χ1n) is 6.06. The maximum Gasteiger partial charge on any atom is 0.306 e. The van der Waals surface area contributed by atoms with E-state index in [9.17, 15) is 14.0 Å². The molecule has 3 N–H and O–H groups in total. The van der Waals surface area contributed by atoms with E-state index in [4.69, 9.17) is 10.8 Å². The van der Waals surface area contributed by atoms with Crippen LogP contribution in [0.1, 0.15) is 23.2 Å². The molecule has 0 unspecified atom stereocenters. The third kappa shape index (κ3) is 2.67. The third-order valence-corrected chi connectivity index (χ3v) is 3.41. The lowest BCUT2D eigenvalue weighted by Crippen LogP contribution is -2.40. The topological polar surface area (TPSA) is 83.6 Å². The van der Waals surface area contributed by atoms with Crippen LogP contribution in [-0.2, 0) is 4.79 Å². The Labute approximate surface area is 109 Å². The molecule has 0 spiro atoms. The molecule has 6 heteroatoms. The summed E-state index contributed by atoms with van der Waals surface area (Å²) in [6, 6.07) is 4.11. The number of hydrogen-bond donors (Lipinski definition) is 2. The van der Waals surface area contributed by atoms with Crippen LogP contribution in [0.15, 0.2) is 18.2 Å². The molecule has 0 atom stereocenters. The number of anilines is 1. The van der Waals surface area contributed by atoms with Gasteiger partial charge in [-0.25, -0.2) is 4.39 Å². The first-order valence-corrected chi connectivity index (χ1v) is 6.06. The van der Waals surface area contributed by atoms with Crippen LogP contribution in [0.3, 0.4) is 0 Å². The quantitative estimate of drug-likeness (QED) is 0.791. The van der Waals surface area contributed by atoms with Gasteiger partial charge in [-0.1, -0.05) is 6.07 Å². The van der Waals surface area contributed by atoms with Crippen LogP contribution in [0, 0.1) is 11.7 Å². The average molecular weight is 266 g/mol. The highest BCUT2D eigenvalue weighted by Crippen LogP contribution is 2.22. The van der Waals surface area contributed by atoms with Crippen LogP contribution in [0.2, 0.25) is 0 Å². The molecule has 0 radical (unpaired) electrons. The minimum Gasteiger partial charge on any atom is -0.481 e. The second-order valence-corrected chi connectivity index (χ2v) is 4.61. The number of benzene rings is 1. The van der Waals surface area contributed by atoms with Gasteiger partial charge in [-0.05, 0) is 25.0 Å². The summed E-state index contributed by atoms with van der Waals surface area (Å²) in [7, 11) is 0. The van der Waals surface area contributed by atoms with Crippen molar-refractivity contribution in [2.75, 3.05) is 18.8 Å². The van der Waals surface area contributed by atoms with Crippen molar-refractivity contribution in [1.82, 2.24) is 4.90 Å². The lowest BCUT2D eigenvalue weighted by molar-refractivity contribution is -0.143. The van der Waals surface area contributed by atoms with Gasteiger partial charge in [-0.2, -0.15) is 0 Å². The van der Waals surface area contributed by atoms with Gasteiger partial charge in [0.15, 0.2) is 0 Å². The van der Waals surface area contributed by atoms with Crippen molar-refractivity contribution >= 4 is 17.6 Å². The van der Waals surface area contributed by atoms with Crippen LogP contribution in [0.4, 0.5) is 10.1 Å². The minimum absolute atomic E-state index is 0.133. The van der Waals surface area contributed by atoms with E-state index in [1.54, 1.807) is 0 Å². The highest BCUT2D eigenvalue weighted by molar-refractivity contribution is 5.99. The van der Waals surface area contributed by atoms with E-state index in [0.717, 1.165) is 0 Å². The summed E-state index contributed by atoms with van der Waals surface area (Å²) in [5.74, 6) is -2.21. The van der Waals surface area contributed by atoms with E-state index >= 15 is 0 Å². The normalized spacial score (nSPS) is 16.4. The number of nitrogens with zero attached hydrogens (tertiary/aromatic N) is 1. The molecule has 5 nitrogen and oxygen atoms in total. The van der Waals surface area contributed by atoms with Crippen molar-refractivity contribution in [2.45, 2.75) is 12.8 Å². The molecule has 1 aromatic carbocycles. The SMILES string of the molecule is Nc1c(F)cccc1C(=O)N1CCC(C(=O)O)CC1. The van der Waals surface area contributed by atoms with Gasteiger partial charge in [0, 0.05) is 13.1 Å². The fourth-order valence-corrected chi connectivity index (χ4v) is 2.22. The number of halogens is 1. The number of para-hydroxylation sites is 1. The number of carbonyl (C=O) groups is 2. The number of hydrogen-bond acceptors (Lipinski definition) is 3. The van der Waals surface area contributed by atoms with Crippen LogP contribution >= 0.6 is 0 Å². The van der Waals surface area contributed by atoms with E-state index in [-0.39, 0.29) is 17.2 Å². The lowest BCUT2D eigenvalue weighted by Gasteiger charge is -2.30. The lowest BCUT2D eigenvalue weighted by atomic mass is 9.96. The molecule has 19 heavy (non-hydrogen) atoms. The van der Waals surface area contributed by atoms with Gasteiger partial charge in [-0.15, -0.1) is 0 Å². The predicted molar refractivity (Wildman–Crippen MR) is 67.1 cm³/mol. The first-order chi connectivity index (χ1) is 9.00. The summed E-state index contributed by atoms with van der Waals surface area (Å²) < 4.78 is 13.3. The molecule has 0 bridgehead atoms. The number of rotatable bonds is 2. The minimum atomic E-state index is -0.836. The highest BCUT2D eigenvalue weighted by atomic mass is 19.1. The number of carboxylic acid groups (broad SMARTS) is 1. The number of aliphatic carboxylic acids is 1. The Balaban J connectivity index is 2.09. The van der Waals surface area contributed by atoms with Crippen molar-refractivity contribution in [3.05, 3.63) is 29.6 Å². The van der Waals surface area contributed by atoms with E-state index in [0.29, 0.717) is 25.9 Å². The van der Waals surface area contributed by atoms with E-state index < -0.39 is 17.7 Å². The maximum absolute atomic E-state index is 13.3. The van der Waals surface area contributed by atoms with Crippen LogP contribution < -0.4 is 5.73 Å². The van der Waals surface area contributed by atoms with Crippen molar-refractivity contribution in [1.29, 1.82) is 0 Å². The number of likely N-dealkylation sites (tertiary alicyclic amines) is 1. The second kappa shape index (κ2) is 5.26. The Bertz CT molecular complexity index is 511. The molecular weight excluding hydrogens is 251 g/mol. The predicted octanol–water partition coefficient (Wildman–Crippen LogP) is 1.34. The van der Waals surface area contributed by atoms with Gasteiger partial charge < -0.3 is 15.7 Å². The van der Waals surface area contributed by atoms with Gasteiger partial charge in [0.25, 0.3) is 5.91 Å². The third-order valence-electron chi connectivity index (χ3n) is 3.41. The largest absolute Gasteiger partial charge is 0.481 e. The van der Waals surface area contributed by atoms with Gasteiger partial charge in [0.2, 0.25) is 0 Å². The molecule has 2 rings (SSSR count). The first kappa shape index (κ1) is 13.3. The van der Waals surface area contributed by atoms with E-state index in [1.165, 1.54) is 23.1 Å². The van der Waals surface area contributed by atoms with Crippen LogP contribution in [-0.4, -0.2) is 35.0 Å². The standard InChI is InChI=1S/C13H15FN2O3/c14-10-3-1-2-9(11(10)15)12(17)16-6-4-8(5-7-16)13(18)19/h1-3,8H,4-7,15H2,(H,18,19). The molecule has 1 aliphatic rings. The Kier molecular flexibility index (Phi) is 3.69. The van der Waals surface area contributed by atoms with Crippen molar-refractivity contribution < 1.29 is 19.1 Å². The van der Waals surface area contributed by atoms with Gasteiger partial charge >= 0.3 is 5.97 Å². The molecule has 1 amide bonds. The molecule has 102 valence electrons. The molecule has 0 aromatic heterocycles. The smallest absolute Gasteiger partial charge is 0.306 e. The molecule has 1 heterocycles. The van der Waals surface area contributed by atoms with Crippen molar-refractivity contribution in [3.63, 3.8) is 0 Å². The van der Waals surface area contributed by atoms with Gasteiger partial charge in [-0.3, -0.25) is 9.59 Å². The summed E-state index contributed by atoms with van der Waals surface area (Å²) in [5.41, 5.74) is 5.52. The fourth-order valence-electron chi connectivity index (χ4n) is 2.22. The van der Waals surface area contributed by atoms with Crippen LogP contribution in [0.5, 0.6) is 0 Å². The zero-order chi connectivity index (χ0) is 14.0. The fraction of sp³-hybridized carbons (Fsp3) is 0.385. The number of nitrogen functional groups attached to an aromatic ring is 1. The van der Waals surface area contributed by atoms with Gasteiger partial charge in [0.05, 0.1) is 17.2 Å². The Hall–Kier alpha value is -2.11. The summed E-state index contributed by atoms with van der Waals surface area (Å²) in [5, 5.41) is 8.89. The molecule has 1 saturated heterocycles. The summed E-state index contributed by atoms with van der Waals surface area (Å²) in [6.07, 6.45) is 0.826. The Morgan fingerprint density at radius 2 is 1.95 bits per heavy atom. The zero-order valence-corrected chi connectivity index (χ0v) is 10.3. The Morgan fingerprint density at radius 1 is 1.32 bits per heavy atom. The number of piperidine rings is 1. The van der Waals surface area contributed by atoms with Gasteiger partial charge in [0.1, 0.15) is 5.82 Å². The molecule has 0 saturated carbocycles. The second-order valence-electron chi connectivity index (χ2n) is 4.61. The maximum atomic E-state index is 13.3. The number of carbonyl (C=O) groups excluding carboxylic acids is 1. The molecule has 1 aliphatic heterocycles. The molecular formula is C13H15FN2O3. The van der Waals surface area contributed by atoms with Crippen molar-refractivity contribution in [3.8, 4) is 0 Å². The monoisotopic (exact) mass is 266 g/mol. The Morgan fingerprint density at radius 3 is 2.53 bits per heavy atom. The van der Waals surface area contributed by atoms with Crippen LogP contribution in [0.25, 0.3) is 0 Å². The summed E-state index contributed by atoms with van der Waals surface area (Å²) in [4.78, 5) is 24.5. The van der Waals surface area contributed by atoms with E-state index in [2.05, 4.69) is 0 Å². The molecule has 0 aliphatic carbocycles. The molecule has 1 aromatic rings. The average Bonchev–Trinajstić information content (AvgIpc) is 2.41. The number of amides is 1. The summed E-state index contributed by atoms with van der Waals surface area (Å²) >= 11 is 0. The van der Waals surface area contributed by atoms with Crippen molar-refractivity contribution in [2.24, 2.45) is 5.92 Å². The summed E-state index contributed by atoms with van der Waals surface area (Å²) in [6.45, 7) is 0.706.